The molecule has 2 N–H and O–H groups in total. The van der Waals surface area contributed by atoms with Gasteiger partial charge in [-0.25, -0.2) is 4.98 Å². The van der Waals surface area contributed by atoms with Gasteiger partial charge in [-0.1, -0.05) is 11.8 Å². The van der Waals surface area contributed by atoms with Crippen LogP contribution >= 0.6 is 30.7 Å². The Kier molecular flexibility index (Phi) is 3.31. The van der Waals surface area contributed by atoms with Crippen molar-refractivity contribution in [3.8, 4) is 0 Å². The van der Waals surface area contributed by atoms with E-state index in [2.05, 4.69) is 4.98 Å². The summed E-state index contributed by atoms with van der Waals surface area (Å²) in [5.74, 6) is 0. The zero-order chi connectivity index (χ0) is 9.19. The third kappa shape index (κ3) is 3.25. The van der Waals surface area contributed by atoms with E-state index in [4.69, 9.17) is 9.79 Å². The van der Waals surface area contributed by atoms with E-state index in [-0.39, 0.29) is 6.16 Å². The van der Waals surface area contributed by atoms with Crippen molar-refractivity contribution in [1.82, 2.24) is 4.98 Å². The lowest BCUT2D eigenvalue weighted by molar-refractivity contribution is 0.371. The minimum Gasteiger partial charge on any atom is -0.324 e. The smallest absolute Gasteiger partial charge is 0.324 e. The molecule has 0 spiro atoms. The summed E-state index contributed by atoms with van der Waals surface area (Å²) in [5.41, 5.74) is 0.470. The summed E-state index contributed by atoms with van der Waals surface area (Å²) in [6, 6.07) is 0. The van der Waals surface area contributed by atoms with E-state index in [1.54, 1.807) is 5.38 Å². The number of hydrogen-bond acceptors (Lipinski definition) is 4. The Morgan fingerprint density at radius 3 is 2.83 bits per heavy atom. The molecular formula is C5H8NO3PS2. The van der Waals surface area contributed by atoms with Crippen LogP contribution in [0.3, 0.4) is 0 Å². The summed E-state index contributed by atoms with van der Waals surface area (Å²) >= 11 is 2.87. The highest BCUT2D eigenvalue weighted by Gasteiger charge is 2.15. The van der Waals surface area contributed by atoms with Crippen molar-refractivity contribution in [2.45, 2.75) is 10.5 Å². The summed E-state index contributed by atoms with van der Waals surface area (Å²) < 4.78 is 11.4. The maximum atomic E-state index is 10.6. The Hall–Kier alpha value is 0.130. The molecule has 1 aromatic rings. The van der Waals surface area contributed by atoms with Gasteiger partial charge < -0.3 is 9.79 Å². The largest absolute Gasteiger partial charge is 0.331 e. The molecule has 4 nitrogen and oxygen atoms in total. The van der Waals surface area contributed by atoms with Crippen LogP contribution in [0.15, 0.2) is 9.72 Å². The third-order valence-electron chi connectivity index (χ3n) is 1.07. The molecule has 0 unspecified atom stereocenters. The first kappa shape index (κ1) is 10.2. The highest BCUT2D eigenvalue weighted by Crippen LogP contribution is 2.39. The normalized spacial score (nSPS) is 11.9. The summed E-state index contributed by atoms with van der Waals surface area (Å²) in [4.78, 5) is 21.2. The van der Waals surface area contributed by atoms with Gasteiger partial charge in [0.25, 0.3) is 0 Å². The van der Waals surface area contributed by atoms with E-state index in [0.717, 1.165) is 4.34 Å². The lowest BCUT2D eigenvalue weighted by Gasteiger charge is -1.98. The molecule has 68 valence electrons. The fourth-order valence-corrected chi connectivity index (χ4v) is 2.65. The molecule has 0 amide bonds. The Balaban J connectivity index is 2.71. The van der Waals surface area contributed by atoms with Crippen LogP contribution in [0.5, 0.6) is 0 Å². The van der Waals surface area contributed by atoms with Gasteiger partial charge in [-0.05, 0) is 6.26 Å². The second-order valence-corrected chi connectivity index (χ2v) is 5.69. The Morgan fingerprint density at radius 1 is 1.75 bits per heavy atom. The first-order valence-electron chi connectivity index (χ1n) is 3.04. The maximum absolute atomic E-state index is 10.6. The van der Waals surface area contributed by atoms with E-state index in [0.29, 0.717) is 5.69 Å². The standard InChI is InChI=1S/C5H8NO3PS2/c1-11-5-6-4(3-12-5)2-10(7,8)9/h3H,2H2,1H3,(H2,7,8,9). The molecule has 0 fully saturated rings. The predicted octanol–water partition coefficient (Wildman–Crippen LogP) is 1.54. The first-order chi connectivity index (χ1) is 5.51. The van der Waals surface area contributed by atoms with Gasteiger partial charge in [0.15, 0.2) is 0 Å². The molecule has 7 heteroatoms. The maximum Gasteiger partial charge on any atom is 0.331 e. The molecule has 1 heterocycles. The molecule has 0 saturated heterocycles. The third-order valence-corrected chi connectivity index (χ3v) is 3.72. The zero-order valence-electron chi connectivity index (χ0n) is 6.30. The average molecular weight is 225 g/mol. The van der Waals surface area contributed by atoms with Crippen molar-refractivity contribution < 1.29 is 14.4 Å². The van der Waals surface area contributed by atoms with E-state index >= 15 is 0 Å². The van der Waals surface area contributed by atoms with Gasteiger partial charge in [-0.2, -0.15) is 0 Å². The van der Waals surface area contributed by atoms with E-state index < -0.39 is 7.60 Å². The molecule has 0 atom stereocenters. The van der Waals surface area contributed by atoms with Crippen molar-refractivity contribution in [2.24, 2.45) is 0 Å². The Morgan fingerprint density at radius 2 is 2.42 bits per heavy atom. The van der Waals surface area contributed by atoms with E-state index in [1.165, 1.54) is 23.1 Å². The molecule has 1 rings (SSSR count). The highest BCUT2D eigenvalue weighted by molar-refractivity contribution is 8.00. The number of thiazole rings is 1. The van der Waals surface area contributed by atoms with Crippen molar-refractivity contribution >= 4 is 30.7 Å². The van der Waals surface area contributed by atoms with Crippen molar-refractivity contribution in [3.05, 3.63) is 11.1 Å². The van der Waals surface area contributed by atoms with Crippen LogP contribution in [0, 0.1) is 0 Å². The summed E-state index contributed by atoms with van der Waals surface area (Å²) in [5, 5.41) is 1.67. The number of rotatable bonds is 3. The van der Waals surface area contributed by atoms with Crippen molar-refractivity contribution in [3.63, 3.8) is 0 Å². The number of aromatic nitrogens is 1. The number of thioether (sulfide) groups is 1. The molecule has 0 bridgehead atoms. The van der Waals surface area contributed by atoms with Crippen LogP contribution in [0.25, 0.3) is 0 Å². The van der Waals surface area contributed by atoms with Gasteiger partial charge in [0.2, 0.25) is 0 Å². The van der Waals surface area contributed by atoms with Gasteiger partial charge in [-0.3, -0.25) is 4.57 Å². The lowest BCUT2D eigenvalue weighted by Crippen LogP contribution is -1.86. The lowest BCUT2D eigenvalue weighted by atomic mass is 10.6. The van der Waals surface area contributed by atoms with Crippen molar-refractivity contribution in [2.75, 3.05) is 6.26 Å². The second-order valence-electron chi connectivity index (χ2n) is 2.13. The second kappa shape index (κ2) is 3.89. The molecule has 1 aromatic heterocycles. The van der Waals surface area contributed by atoms with Gasteiger partial charge in [-0.15, -0.1) is 11.3 Å². The molecule has 0 radical (unpaired) electrons. The van der Waals surface area contributed by atoms with Crippen LogP contribution in [0.2, 0.25) is 0 Å². The first-order valence-corrected chi connectivity index (χ1v) is 6.94. The van der Waals surface area contributed by atoms with Gasteiger partial charge in [0.1, 0.15) is 4.34 Å². The Bertz CT molecular complexity index is 307. The molecule has 0 saturated carbocycles. The molecule has 0 aliphatic rings. The molecule has 0 aliphatic carbocycles. The molecule has 0 aliphatic heterocycles. The van der Waals surface area contributed by atoms with Gasteiger partial charge >= 0.3 is 7.60 Å². The zero-order valence-corrected chi connectivity index (χ0v) is 8.83. The fraction of sp³-hybridized carbons (Fsp3) is 0.400. The molecule has 12 heavy (non-hydrogen) atoms. The van der Waals surface area contributed by atoms with Crippen LogP contribution < -0.4 is 0 Å². The van der Waals surface area contributed by atoms with Crippen LogP contribution in [-0.4, -0.2) is 21.0 Å². The highest BCUT2D eigenvalue weighted by atomic mass is 32.2. The predicted molar refractivity (Wildman–Crippen MR) is 49.6 cm³/mol. The minimum absolute atomic E-state index is 0.260. The summed E-state index contributed by atoms with van der Waals surface area (Å²) in [6.45, 7) is 0. The molecular weight excluding hydrogens is 217 g/mol. The number of nitrogens with zero attached hydrogens (tertiary/aromatic N) is 1. The van der Waals surface area contributed by atoms with Gasteiger partial charge in [0, 0.05) is 5.38 Å². The van der Waals surface area contributed by atoms with E-state index in [1.807, 2.05) is 6.26 Å². The minimum atomic E-state index is -3.95. The average Bonchev–Trinajstić information content (AvgIpc) is 2.32. The Labute approximate surface area is 78.2 Å². The molecule has 0 aromatic carbocycles. The topological polar surface area (TPSA) is 70.4 Å². The van der Waals surface area contributed by atoms with Crippen LogP contribution in [0.1, 0.15) is 5.69 Å². The summed E-state index contributed by atoms with van der Waals surface area (Å²) in [6.07, 6.45) is 1.62. The van der Waals surface area contributed by atoms with Crippen LogP contribution in [0.4, 0.5) is 0 Å². The van der Waals surface area contributed by atoms with Gasteiger partial charge in [0.05, 0.1) is 11.9 Å². The van der Waals surface area contributed by atoms with Crippen molar-refractivity contribution in [1.29, 1.82) is 0 Å². The number of hydrogen-bond donors (Lipinski definition) is 2. The summed E-state index contributed by atoms with van der Waals surface area (Å²) in [7, 11) is -3.95. The fourth-order valence-electron chi connectivity index (χ4n) is 0.666. The van der Waals surface area contributed by atoms with E-state index in [9.17, 15) is 4.57 Å². The monoisotopic (exact) mass is 225 g/mol. The quantitative estimate of drug-likeness (QED) is 0.603. The van der Waals surface area contributed by atoms with Crippen LogP contribution in [-0.2, 0) is 10.7 Å². The SMILES string of the molecule is CSc1nc(CP(=O)(O)O)cs1.